The highest BCUT2D eigenvalue weighted by atomic mass is 16.2. The monoisotopic (exact) mass is 348 g/mol. The molecule has 0 bridgehead atoms. The first-order valence-electron chi connectivity index (χ1n) is 8.73. The fourth-order valence-corrected chi connectivity index (χ4v) is 3.22. The van der Waals surface area contributed by atoms with Crippen LogP contribution in [-0.2, 0) is 11.3 Å². The first-order valence-corrected chi connectivity index (χ1v) is 8.73. The minimum atomic E-state index is -0.0848. The van der Waals surface area contributed by atoms with Crippen molar-refractivity contribution < 1.29 is 4.79 Å². The highest BCUT2D eigenvalue weighted by molar-refractivity contribution is 5.95. The molecule has 2 aromatic heterocycles. The van der Waals surface area contributed by atoms with Crippen LogP contribution < -0.4 is 15.8 Å². The molecule has 6 heteroatoms. The van der Waals surface area contributed by atoms with E-state index in [-0.39, 0.29) is 11.5 Å². The molecule has 0 radical (unpaired) electrons. The van der Waals surface area contributed by atoms with Gasteiger partial charge in [-0.3, -0.25) is 14.0 Å². The van der Waals surface area contributed by atoms with Gasteiger partial charge in [0.05, 0.1) is 12.2 Å². The zero-order chi connectivity index (χ0) is 18.1. The number of rotatable bonds is 4. The van der Waals surface area contributed by atoms with E-state index in [4.69, 9.17) is 0 Å². The lowest BCUT2D eigenvalue weighted by Gasteiger charge is -2.16. The number of pyridine rings is 1. The van der Waals surface area contributed by atoms with Crippen molar-refractivity contribution in [1.29, 1.82) is 0 Å². The normalized spacial score (nSPS) is 14.2. The van der Waals surface area contributed by atoms with Gasteiger partial charge in [0, 0.05) is 36.6 Å². The number of carbonyl (C=O) groups is 1. The van der Waals surface area contributed by atoms with E-state index in [0.717, 1.165) is 29.9 Å². The Bertz CT molecular complexity index is 1020. The van der Waals surface area contributed by atoms with Crippen molar-refractivity contribution in [3.05, 3.63) is 70.3 Å². The summed E-state index contributed by atoms with van der Waals surface area (Å²) in [5.41, 5.74) is 4.12. The van der Waals surface area contributed by atoms with Crippen molar-refractivity contribution in [2.75, 3.05) is 16.8 Å². The lowest BCUT2D eigenvalue weighted by molar-refractivity contribution is -0.117. The maximum absolute atomic E-state index is 12.2. The fourth-order valence-electron chi connectivity index (χ4n) is 3.22. The maximum Gasteiger partial charge on any atom is 0.258 e. The minimum Gasteiger partial charge on any atom is -0.379 e. The quantitative estimate of drug-likeness (QED) is 0.787. The molecule has 6 nitrogen and oxygen atoms in total. The molecule has 1 aromatic carbocycles. The average Bonchev–Trinajstić information content (AvgIpc) is 3.07. The molecule has 0 spiro atoms. The molecule has 1 saturated heterocycles. The first kappa shape index (κ1) is 16.3. The van der Waals surface area contributed by atoms with Gasteiger partial charge in [-0.25, -0.2) is 4.98 Å². The number of nitrogens with zero attached hydrogens (tertiary/aromatic N) is 3. The Hall–Kier alpha value is -3.15. The van der Waals surface area contributed by atoms with Gasteiger partial charge >= 0.3 is 0 Å². The van der Waals surface area contributed by atoms with Gasteiger partial charge in [-0.15, -0.1) is 0 Å². The zero-order valence-electron chi connectivity index (χ0n) is 14.6. The number of benzene rings is 1. The zero-order valence-corrected chi connectivity index (χ0v) is 14.6. The van der Waals surface area contributed by atoms with E-state index in [9.17, 15) is 9.59 Å². The summed E-state index contributed by atoms with van der Waals surface area (Å²) in [5, 5.41) is 3.28. The van der Waals surface area contributed by atoms with Crippen molar-refractivity contribution in [2.45, 2.75) is 26.3 Å². The predicted molar refractivity (Wildman–Crippen MR) is 102 cm³/mol. The molecule has 0 saturated carbocycles. The van der Waals surface area contributed by atoms with Gasteiger partial charge in [0.2, 0.25) is 5.91 Å². The predicted octanol–water partition coefficient (Wildman–Crippen LogP) is 2.74. The van der Waals surface area contributed by atoms with Crippen LogP contribution >= 0.6 is 0 Å². The van der Waals surface area contributed by atoms with Crippen LogP contribution in [0.5, 0.6) is 0 Å². The molecule has 132 valence electrons. The number of anilines is 2. The molecule has 0 unspecified atom stereocenters. The third-order valence-corrected chi connectivity index (χ3v) is 4.59. The van der Waals surface area contributed by atoms with Crippen molar-refractivity contribution in [3.63, 3.8) is 0 Å². The van der Waals surface area contributed by atoms with Gasteiger partial charge < -0.3 is 10.2 Å². The number of aromatic nitrogens is 2. The second kappa shape index (κ2) is 6.63. The van der Waals surface area contributed by atoms with Gasteiger partial charge in [-0.2, -0.15) is 0 Å². The number of fused-ring (bicyclic) bond motifs is 1. The second-order valence-electron chi connectivity index (χ2n) is 6.57. The van der Waals surface area contributed by atoms with E-state index in [1.54, 1.807) is 16.7 Å². The molecule has 1 amide bonds. The van der Waals surface area contributed by atoms with Crippen LogP contribution in [0.4, 0.5) is 11.4 Å². The van der Waals surface area contributed by atoms with Crippen LogP contribution in [0.1, 0.15) is 24.1 Å². The van der Waals surface area contributed by atoms with Crippen molar-refractivity contribution in [2.24, 2.45) is 0 Å². The van der Waals surface area contributed by atoms with Crippen LogP contribution in [-0.4, -0.2) is 21.8 Å². The van der Waals surface area contributed by atoms with Gasteiger partial charge in [-0.05, 0) is 49.2 Å². The Morgan fingerprint density at radius 1 is 1.12 bits per heavy atom. The summed E-state index contributed by atoms with van der Waals surface area (Å²) in [6, 6.07) is 13.1. The molecule has 3 heterocycles. The summed E-state index contributed by atoms with van der Waals surface area (Å²) in [5.74, 6) is 0.182. The Morgan fingerprint density at radius 2 is 1.92 bits per heavy atom. The average molecular weight is 348 g/mol. The van der Waals surface area contributed by atoms with Gasteiger partial charge in [-0.1, -0.05) is 6.07 Å². The second-order valence-corrected chi connectivity index (χ2v) is 6.57. The third-order valence-electron chi connectivity index (χ3n) is 4.59. The van der Waals surface area contributed by atoms with E-state index < -0.39 is 0 Å². The van der Waals surface area contributed by atoms with Crippen LogP contribution in [0.25, 0.3) is 5.65 Å². The summed E-state index contributed by atoms with van der Waals surface area (Å²) in [6.07, 6.45) is 3.34. The molecule has 26 heavy (non-hydrogen) atoms. The number of aryl methyl sites for hydroxylation is 1. The summed E-state index contributed by atoms with van der Waals surface area (Å²) < 4.78 is 1.56. The molecule has 4 rings (SSSR count). The lowest BCUT2D eigenvalue weighted by Crippen LogP contribution is -2.23. The molecule has 1 aliphatic rings. The van der Waals surface area contributed by atoms with Gasteiger partial charge in [0.25, 0.3) is 5.56 Å². The van der Waals surface area contributed by atoms with Crippen LogP contribution in [0.15, 0.2) is 53.5 Å². The van der Waals surface area contributed by atoms with Crippen LogP contribution in [0.2, 0.25) is 0 Å². The van der Waals surface area contributed by atoms with E-state index in [0.29, 0.717) is 24.3 Å². The number of hydrogen-bond donors (Lipinski definition) is 1. The van der Waals surface area contributed by atoms with E-state index in [2.05, 4.69) is 10.3 Å². The minimum absolute atomic E-state index is 0.0848. The number of nitrogens with one attached hydrogen (secondary N) is 1. The third kappa shape index (κ3) is 3.18. The summed E-state index contributed by atoms with van der Waals surface area (Å²) in [7, 11) is 0. The van der Waals surface area contributed by atoms with Crippen molar-refractivity contribution in [1.82, 2.24) is 9.38 Å². The highest BCUT2D eigenvalue weighted by Crippen LogP contribution is 2.23. The smallest absolute Gasteiger partial charge is 0.258 e. The van der Waals surface area contributed by atoms with Crippen molar-refractivity contribution >= 4 is 22.9 Å². The van der Waals surface area contributed by atoms with E-state index in [1.165, 1.54) is 0 Å². The fraction of sp³-hybridized carbons (Fsp3) is 0.250. The molecule has 0 atom stereocenters. The molecular weight excluding hydrogens is 328 g/mol. The Labute approximate surface area is 151 Å². The SMILES string of the molecule is Cc1ccc2nc(CNc3ccc(N4CCCC4=O)cc3)cc(=O)n2c1. The largest absolute Gasteiger partial charge is 0.379 e. The highest BCUT2D eigenvalue weighted by Gasteiger charge is 2.21. The van der Waals surface area contributed by atoms with E-state index in [1.807, 2.05) is 48.2 Å². The van der Waals surface area contributed by atoms with Gasteiger partial charge in [0.15, 0.2) is 0 Å². The summed E-state index contributed by atoms with van der Waals surface area (Å²) >= 11 is 0. The lowest BCUT2D eigenvalue weighted by atomic mass is 10.2. The van der Waals surface area contributed by atoms with Crippen molar-refractivity contribution in [3.8, 4) is 0 Å². The molecule has 1 aliphatic heterocycles. The molecular formula is C20H20N4O2. The number of amides is 1. The molecule has 1 N–H and O–H groups in total. The number of hydrogen-bond acceptors (Lipinski definition) is 4. The summed E-state index contributed by atoms with van der Waals surface area (Å²) in [4.78, 5) is 30.4. The number of carbonyl (C=O) groups excluding carboxylic acids is 1. The first-order chi connectivity index (χ1) is 12.6. The maximum atomic E-state index is 12.2. The topological polar surface area (TPSA) is 66.7 Å². The van der Waals surface area contributed by atoms with Crippen LogP contribution in [0, 0.1) is 6.92 Å². The Morgan fingerprint density at radius 3 is 2.65 bits per heavy atom. The standard InChI is InChI=1S/C20H20N4O2/c1-14-4-9-18-22-16(11-20(26)24(18)13-14)12-21-15-5-7-17(8-6-15)23-10-2-3-19(23)25/h4-9,11,13,21H,2-3,10,12H2,1H3. The van der Waals surface area contributed by atoms with Crippen LogP contribution in [0.3, 0.4) is 0 Å². The van der Waals surface area contributed by atoms with E-state index >= 15 is 0 Å². The molecule has 1 fully saturated rings. The summed E-state index contributed by atoms with van der Waals surface area (Å²) in [6.45, 7) is 3.19. The molecule has 3 aromatic rings. The molecule has 0 aliphatic carbocycles. The Kier molecular flexibility index (Phi) is 4.16. The van der Waals surface area contributed by atoms with Gasteiger partial charge in [0.1, 0.15) is 5.65 Å². The Balaban J connectivity index is 1.48.